The monoisotopic (exact) mass is 511 g/mol. The standard InChI is InChI=1S/C16H12BrIN5P/c1-9-3-2-4-13(19-9)15-12(8-23(22-15)24-18)10-5-6-11-14(7-10)20-21-16(11)17/h2-8,24H,1H3,(H,20,21). The number of aromatic nitrogens is 5. The second-order valence-corrected chi connectivity index (χ2v) is 8.22. The lowest BCUT2D eigenvalue weighted by molar-refractivity contribution is 1.01. The molecule has 3 heterocycles. The van der Waals surface area contributed by atoms with Gasteiger partial charge in [0.2, 0.25) is 0 Å². The Balaban J connectivity index is 1.91. The van der Waals surface area contributed by atoms with Crippen LogP contribution in [0.5, 0.6) is 0 Å². The number of benzene rings is 1. The van der Waals surface area contributed by atoms with Gasteiger partial charge < -0.3 is 0 Å². The number of halogens is 2. The van der Waals surface area contributed by atoms with Gasteiger partial charge in [0.1, 0.15) is 10.3 Å². The van der Waals surface area contributed by atoms with Crippen LogP contribution in [-0.4, -0.2) is 24.7 Å². The van der Waals surface area contributed by atoms with E-state index in [-0.39, 0.29) is 0 Å². The Kier molecular flexibility index (Phi) is 4.40. The quantitative estimate of drug-likeness (QED) is 0.298. The second-order valence-electron chi connectivity index (χ2n) is 5.35. The lowest BCUT2D eigenvalue weighted by atomic mass is 10.0. The van der Waals surface area contributed by atoms with E-state index in [4.69, 9.17) is 5.10 Å². The van der Waals surface area contributed by atoms with Gasteiger partial charge in [0.15, 0.2) is 0 Å². The molecule has 0 amide bonds. The van der Waals surface area contributed by atoms with E-state index >= 15 is 0 Å². The van der Waals surface area contributed by atoms with E-state index in [0.29, 0.717) is 6.37 Å². The van der Waals surface area contributed by atoms with Crippen LogP contribution in [0.15, 0.2) is 47.2 Å². The van der Waals surface area contributed by atoms with Gasteiger partial charge in [0.05, 0.1) is 17.6 Å². The average molecular weight is 512 g/mol. The number of hydrogen-bond donors (Lipinski definition) is 1. The number of aryl methyl sites for hydroxylation is 1. The van der Waals surface area contributed by atoms with Crippen LogP contribution in [0.25, 0.3) is 33.4 Å². The van der Waals surface area contributed by atoms with Gasteiger partial charge in [0.25, 0.3) is 0 Å². The summed E-state index contributed by atoms with van der Waals surface area (Å²) in [5.74, 6) is 0. The first kappa shape index (κ1) is 16.2. The topological polar surface area (TPSA) is 59.4 Å². The normalized spacial score (nSPS) is 11.8. The lowest BCUT2D eigenvalue weighted by Crippen LogP contribution is -1.89. The maximum Gasteiger partial charge on any atom is 0.119 e. The summed E-state index contributed by atoms with van der Waals surface area (Å²) in [6, 6.07) is 12.3. The maximum absolute atomic E-state index is 4.72. The molecule has 4 rings (SSSR count). The molecule has 1 aromatic carbocycles. The van der Waals surface area contributed by atoms with Gasteiger partial charge in [-0.15, -0.1) is 0 Å². The smallest absolute Gasteiger partial charge is 0.119 e. The van der Waals surface area contributed by atoms with Crippen LogP contribution in [0.1, 0.15) is 5.69 Å². The molecule has 0 spiro atoms. The van der Waals surface area contributed by atoms with Crippen LogP contribution in [0.3, 0.4) is 0 Å². The van der Waals surface area contributed by atoms with Crippen molar-refractivity contribution in [2.45, 2.75) is 6.92 Å². The average Bonchev–Trinajstić information content (AvgIpc) is 3.19. The molecule has 0 aliphatic heterocycles. The van der Waals surface area contributed by atoms with Crippen molar-refractivity contribution in [2.75, 3.05) is 0 Å². The Morgan fingerprint density at radius 2 is 2.12 bits per heavy atom. The summed E-state index contributed by atoms with van der Waals surface area (Å²) in [6.45, 7) is 1.99. The third-order valence-corrected chi connectivity index (χ3v) is 6.24. The van der Waals surface area contributed by atoms with Crippen molar-refractivity contribution in [3.63, 3.8) is 0 Å². The first-order valence-electron chi connectivity index (χ1n) is 7.20. The summed E-state index contributed by atoms with van der Waals surface area (Å²) in [4.78, 5) is 4.64. The van der Waals surface area contributed by atoms with Crippen molar-refractivity contribution in [1.82, 2.24) is 24.7 Å². The van der Waals surface area contributed by atoms with E-state index < -0.39 is 0 Å². The van der Waals surface area contributed by atoms with Gasteiger partial charge in [-0.3, -0.25) is 10.1 Å². The van der Waals surface area contributed by atoms with E-state index in [9.17, 15) is 0 Å². The van der Waals surface area contributed by atoms with Crippen LogP contribution >= 0.6 is 44.3 Å². The number of nitrogens with zero attached hydrogens (tertiary/aromatic N) is 4. The minimum absolute atomic E-state index is 0.538. The molecule has 0 fully saturated rings. The van der Waals surface area contributed by atoms with Gasteiger partial charge in [-0.05, 0) is 74.7 Å². The molecular weight excluding hydrogens is 500 g/mol. The third kappa shape index (κ3) is 2.89. The van der Waals surface area contributed by atoms with Crippen LogP contribution in [0.2, 0.25) is 0 Å². The molecule has 120 valence electrons. The minimum atomic E-state index is 0.538. The van der Waals surface area contributed by atoms with Crippen molar-refractivity contribution < 1.29 is 0 Å². The highest BCUT2D eigenvalue weighted by Gasteiger charge is 2.15. The number of rotatable bonds is 3. The predicted octanol–water partition coefficient (Wildman–Crippen LogP) is 5.35. The fraction of sp³-hybridized carbons (Fsp3) is 0.0625. The van der Waals surface area contributed by atoms with E-state index in [0.717, 1.165) is 43.7 Å². The fourth-order valence-electron chi connectivity index (χ4n) is 2.64. The highest BCUT2D eigenvalue weighted by Crippen LogP contribution is 2.36. The molecule has 0 aliphatic carbocycles. The van der Waals surface area contributed by atoms with Crippen LogP contribution in [-0.2, 0) is 0 Å². The summed E-state index contributed by atoms with van der Waals surface area (Å²) < 4.78 is 2.86. The number of H-pyrrole nitrogens is 1. The molecule has 5 nitrogen and oxygen atoms in total. The van der Waals surface area contributed by atoms with E-state index in [2.05, 4.69) is 77.5 Å². The third-order valence-electron chi connectivity index (χ3n) is 3.75. The van der Waals surface area contributed by atoms with Crippen LogP contribution < -0.4 is 0 Å². The molecule has 0 bridgehead atoms. The first-order valence-corrected chi connectivity index (χ1v) is 12.1. The van der Waals surface area contributed by atoms with E-state index in [1.54, 1.807) is 0 Å². The summed E-state index contributed by atoms with van der Waals surface area (Å²) in [7, 11) is 0. The lowest BCUT2D eigenvalue weighted by Gasteiger charge is -2.03. The zero-order valence-electron chi connectivity index (χ0n) is 12.6. The van der Waals surface area contributed by atoms with Gasteiger partial charge in [-0.1, -0.05) is 12.1 Å². The summed E-state index contributed by atoms with van der Waals surface area (Å²) in [5, 5.41) is 13.1. The Morgan fingerprint density at radius 3 is 2.92 bits per heavy atom. The van der Waals surface area contributed by atoms with Gasteiger partial charge in [-0.2, -0.15) is 10.2 Å². The predicted molar refractivity (Wildman–Crippen MR) is 111 cm³/mol. The van der Waals surface area contributed by atoms with Crippen LogP contribution in [0.4, 0.5) is 0 Å². The number of pyridine rings is 1. The van der Waals surface area contributed by atoms with Crippen LogP contribution in [0, 0.1) is 6.92 Å². The van der Waals surface area contributed by atoms with E-state index in [1.165, 1.54) is 0 Å². The molecule has 0 aliphatic rings. The van der Waals surface area contributed by atoms with Gasteiger partial charge in [0, 0.05) is 22.8 Å². The molecule has 0 saturated heterocycles. The zero-order chi connectivity index (χ0) is 16.7. The molecule has 0 saturated carbocycles. The summed E-state index contributed by atoms with van der Waals surface area (Å²) in [6.07, 6.45) is 2.61. The number of hydrogen-bond acceptors (Lipinski definition) is 3. The highest BCUT2D eigenvalue weighted by atomic mass is 127. The summed E-state index contributed by atoms with van der Waals surface area (Å²) in [5.41, 5.74) is 5.85. The van der Waals surface area contributed by atoms with Crippen molar-refractivity contribution in [3.05, 3.63) is 52.9 Å². The molecule has 0 radical (unpaired) electrons. The van der Waals surface area contributed by atoms with Crippen molar-refractivity contribution in [1.29, 1.82) is 0 Å². The minimum Gasteiger partial charge on any atom is -0.270 e. The number of nitrogens with one attached hydrogen (secondary N) is 1. The van der Waals surface area contributed by atoms with E-state index in [1.807, 2.05) is 29.6 Å². The zero-order valence-corrected chi connectivity index (χ0v) is 17.3. The Bertz CT molecular complexity index is 1040. The molecule has 3 aromatic heterocycles. The maximum atomic E-state index is 4.72. The second kappa shape index (κ2) is 6.54. The molecule has 1 atom stereocenters. The summed E-state index contributed by atoms with van der Waals surface area (Å²) >= 11 is 5.81. The Hall–Kier alpha value is -1.31. The van der Waals surface area contributed by atoms with Gasteiger partial charge in [-0.25, -0.2) is 4.45 Å². The first-order chi connectivity index (χ1) is 11.7. The molecular formula is C16H12BrIN5P. The van der Waals surface area contributed by atoms with Crippen molar-refractivity contribution in [3.8, 4) is 22.5 Å². The Morgan fingerprint density at radius 1 is 1.25 bits per heavy atom. The van der Waals surface area contributed by atoms with Crippen molar-refractivity contribution >= 4 is 55.2 Å². The molecule has 24 heavy (non-hydrogen) atoms. The van der Waals surface area contributed by atoms with Crippen molar-refractivity contribution in [2.24, 2.45) is 0 Å². The number of fused-ring (bicyclic) bond motifs is 1. The molecule has 4 aromatic rings. The van der Waals surface area contributed by atoms with Gasteiger partial charge >= 0.3 is 0 Å². The highest BCUT2D eigenvalue weighted by molar-refractivity contribution is 14.2. The number of aromatic amines is 1. The molecule has 1 N–H and O–H groups in total. The largest absolute Gasteiger partial charge is 0.270 e. The SMILES string of the molecule is Cc1cccc(-c2nn(PI)cc2-c2ccc3c(Br)[nH]nc3c2)n1. The molecule has 8 heteroatoms. The fourth-order valence-corrected chi connectivity index (χ4v) is 4.12. The Labute approximate surface area is 161 Å². The molecule has 1 unspecified atom stereocenters.